The Hall–Kier alpha value is -0.250. The van der Waals surface area contributed by atoms with Crippen LogP contribution in [0.15, 0.2) is 18.2 Å². The number of nitrogens with one attached hydrogen (secondary N) is 1. The fraction of sp³-hybridized carbons (Fsp3) is 0.462. The Bertz CT molecular complexity index is 412. The van der Waals surface area contributed by atoms with Gasteiger partial charge in [0.05, 0.1) is 10.6 Å². The van der Waals surface area contributed by atoms with Crippen LogP contribution in [0.4, 0.5) is 0 Å². The van der Waals surface area contributed by atoms with E-state index in [0.29, 0.717) is 28.1 Å². The summed E-state index contributed by atoms with van der Waals surface area (Å²) in [5.74, 6) is 0.307. The number of hydrogen-bond donors (Lipinski definition) is 1. The van der Waals surface area contributed by atoms with Crippen LogP contribution in [0, 0.1) is 5.92 Å². The zero-order valence-corrected chi connectivity index (χ0v) is 13.3. The molecule has 0 spiro atoms. The summed E-state index contributed by atoms with van der Waals surface area (Å²) in [4.78, 5) is 12.0. The Morgan fingerprint density at radius 2 is 2.17 bits per heavy atom. The van der Waals surface area contributed by atoms with Gasteiger partial charge < -0.3 is 5.32 Å². The normalized spacial score (nSPS) is 12.2. The molecule has 0 radical (unpaired) electrons. The third-order valence-electron chi connectivity index (χ3n) is 2.82. The molecular formula is C13H16BrCl2NO. The summed E-state index contributed by atoms with van der Waals surface area (Å²) >= 11 is 15.2. The minimum atomic E-state index is -0.171. The standard InChI is InChI=1S/C13H16BrCl2NO/c1-2-9(5-6-14)8-17-13(18)11-7-10(15)3-4-12(11)16/h3-4,7,9H,2,5-6,8H2,1H3,(H,17,18). The first kappa shape index (κ1) is 15.8. The molecule has 1 unspecified atom stereocenters. The van der Waals surface area contributed by atoms with Crippen LogP contribution in [0.25, 0.3) is 0 Å². The zero-order chi connectivity index (χ0) is 13.5. The first-order chi connectivity index (χ1) is 8.58. The van der Waals surface area contributed by atoms with Gasteiger partial charge in [-0.15, -0.1) is 0 Å². The van der Waals surface area contributed by atoms with Gasteiger partial charge in [-0.05, 0) is 30.5 Å². The van der Waals surface area contributed by atoms with Gasteiger partial charge in [0.15, 0.2) is 0 Å². The number of carbonyl (C=O) groups is 1. The highest BCUT2D eigenvalue weighted by molar-refractivity contribution is 9.09. The van der Waals surface area contributed by atoms with Gasteiger partial charge in [-0.2, -0.15) is 0 Å². The summed E-state index contributed by atoms with van der Waals surface area (Å²) < 4.78 is 0. The summed E-state index contributed by atoms with van der Waals surface area (Å²) in [7, 11) is 0. The molecule has 0 aromatic heterocycles. The van der Waals surface area contributed by atoms with Gasteiger partial charge in [-0.25, -0.2) is 0 Å². The fourth-order valence-corrected chi connectivity index (χ4v) is 2.63. The van der Waals surface area contributed by atoms with Crippen LogP contribution in [0.2, 0.25) is 10.0 Å². The smallest absolute Gasteiger partial charge is 0.252 e. The number of amides is 1. The molecule has 2 nitrogen and oxygen atoms in total. The highest BCUT2D eigenvalue weighted by atomic mass is 79.9. The van der Waals surface area contributed by atoms with E-state index in [9.17, 15) is 4.79 Å². The SMILES string of the molecule is CCC(CCBr)CNC(=O)c1cc(Cl)ccc1Cl. The molecule has 0 saturated heterocycles. The number of hydrogen-bond acceptors (Lipinski definition) is 1. The number of benzene rings is 1. The Balaban J connectivity index is 2.62. The monoisotopic (exact) mass is 351 g/mol. The lowest BCUT2D eigenvalue weighted by Crippen LogP contribution is -2.29. The first-order valence-electron chi connectivity index (χ1n) is 5.87. The second kappa shape index (κ2) is 8.03. The van der Waals surface area contributed by atoms with Crippen molar-refractivity contribution >= 4 is 45.0 Å². The molecule has 0 aliphatic rings. The quantitative estimate of drug-likeness (QED) is 0.748. The molecule has 1 N–H and O–H groups in total. The molecule has 18 heavy (non-hydrogen) atoms. The summed E-state index contributed by atoms with van der Waals surface area (Å²) in [6.45, 7) is 2.77. The predicted molar refractivity (Wildman–Crippen MR) is 81.0 cm³/mol. The molecule has 1 rings (SSSR count). The van der Waals surface area contributed by atoms with Crippen LogP contribution < -0.4 is 5.32 Å². The van der Waals surface area contributed by atoms with Crippen LogP contribution in [0.3, 0.4) is 0 Å². The number of halogens is 3. The largest absolute Gasteiger partial charge is 0.352 e. The van der Waals surface area contributed by atoms with Gasteiger partial charge >= 0.3 is 0 Å². The van der Waals surface area contributed by atoms with E-state index in [0.717, 1.165) is 18.2 Å². The Morgan fingerprint density at radius 3 is 2.78 bits per heavy atom. The average Bonchev–Trinajstić information content (AvgIpc) is 2.37. The highest BCUT2D eigenvalue weighted by Crippen LogP contribution is 2.20. The first-order valence-corrected chi connectivity index (χ1v) is 7.75. The third kappa shape index (κ3) is 4.79. The van der Waals surface area contributed by atoms with E-state index in [4.69, 9.17) is 23.2 Å². The molecule has 0 heterocycles. The summed E-state index contributed by atoms with van der Waals surface area (Å²) in [5, 5.41) is 4.78. The fourth-order valence-electron chi connectivity index (χ4n) is 1.61. The van der Waals surface area contributed by atoms with E-state index in [1.165, 1.54) is 0 Å². The van der Waals surface area contributed by atoms with Crippen molar-refractivity contribution < 1.29 is 4.79 Å². The Morgan fingerprint density at radius 1 is 1.44 bits per heavy atom. The minimum Gasteiger partial charge on any atom is -0.352 e. The van der Waals surface area contributed by atoms with E-state index < -0.39 is 0 Å². The third-order valence-corrected chi connectivity index (χ3v) is 3.84. The second-order valence-electron chi connectivity index (χ2n) is 4.09. The lowest BCUT2D eigenvalue weighted by Gasteiger charge is -2.14. The molecule has 1 aromatic carbocycles. The summed E-state index contributed by atoms with van der Waals surface area (Å²) in [6.07, 6.45) is 2.08. The van der Waals surface area contributed by atoms with Crippen LogP contribution >= 0.6 is 39.1 Å². The zero-order valence-electron chi connectivity index (χ0n) is 10.2. The molecule has 100 valence electrons. The van der Waals surface area contributed by atoms with E-state index in [1.54, 1.807) is 18.2 Å². The molecule has 1 atom stereocenters. The van der Waals surface area contributed by atoms with E-state index >= 15 is 0 Å². The lowest BCUT2D eigenvalue weighted by molar-refractivity contribution is 0.0946. The number of alkyl halides is 1. The van der Waals surface area contributed by atoms with Crippen LogP contribution in [-0.2, 0) is 0 Å². The maximum atomic E-state index is 12.0. The van der Waals surface area contributed by atoms with Gasteiger partial charge in [-0.1, -0.05) is 52.5 Å². The van der Waals surface area contributed by atoms with E-state index in [2.05, 4.69) is 28.2 Å². The van der Waals surface area contributed by atoms with E-state index in [1.807, 2.05) is 0 Å². The molecular weight excluding hydrogens is 337 g/mol. The van der Waals surface area contributed by atoms with Crippen LogP contribution in [0.5, 0.6) is 0 Å². The average molecular weight is 353 g/mol. The molecule has 0 saturated carbocycles. The Kier molecular flexibility index (Phi) is 7.05. The van der Waals surface area contributed by atoms with Crippen molar-refractivity contribution in [2.75, 3.05) is 11.9 Å². The van der Waals surface area contributed by atoms with Crippen LogP contribution in [-0.4, -0.2) is 17.8 Å². The van der Waals surface area contributed by atoms with Crippen molar-refractivity contribution in [3.63, 3.8) is 0 Å². The molecule has 5 heteroatoms. The predicted octanol–water partition coefficient (Wildman–Crippen LogP) is 4.53. The molecule has 0 aliphatic carbocycles. The lowest BCUT2D eigenvalue weighted by atomic mass is 10.0. The topological polar surface area (TPSA) is 29.1 Å². The maximum Gasteiger partial charge on any atom is 0.252 e. The van der Waals surface area contributed by atoms with Crippen molar-refractivity contribution in [3.8, 4) is 0 Å². The van der Waals surface area contributed by atoms with Crippen molar-refractivity contribution in [2.45, 2.75) is 19.8 Å². The second-order valence-corrected chi connectivity index (χ2v) is 5.72. The molecule has 0 bridgehead atoms. The summed E-state index contributed by atoms with van der Waals surface area (Å²) in [6, 6.07) is 4.89. The van der Waals surface area contributed by atoms with Crippen molar-refractivity contribution in [1.29, 1.82) is 0 Å². The minimum absolute atomic E-state index is 0.171. The van der Waals surface area contributed by atoms with Crippen molar-refractivity contribution in [3.05, 3.63) is 33.8 Å². The molecule has 0 aliphatic heterocycles. The van der Waals surface area contributed by atoms with Gasteiger partial charge in [0, 0.05) is 16.9 Å². The van der Waals surface area contributed by atoms with E-state index in [-0.39, 0.29) is 5.91 Å². The highest BCUT2D eigenvalue weighted by Gasteiger charge is 2.13. The van der Waals surface area contributed by atoms with Gasteiger partial charge in [0.25, 0.3) is 5.91 Å². The molecule has 1 amide bonds. The van der Waals surface area contributed by atoms with Crippen molar-refractivity contribution in [2.24, 2.45) is 5.92 Å². The van der Waals surface area contributed by atoms with Crippen LogP contribution in [0.1, 0.15) is 30.1 Å². The van der Waals surface area contributed by atoms with Gasteiger partial charge in [-0.3, -0.25) is 4.79 Å². The summed E-state index contributed by atoms with van der Waals surface area (Å²) in [5.41, 5.74) is 0.429. The van der Waals surface area contributed by atoms with Gasteiger partial charge in [0.2, 0.25) is 0 Å². The number of carbonyl (C=O) groups excluding carboxylic acids is 1. The molecule has 1 aromatic rings. The van der Waals surface area contributed by atoms with Crippen molar-refractivity contribution in [1.82, 2.24) is 5.32 Å². The maximum absolute atomic E-state index is 12.0. The Labute approximate surface area is 126 Å². The molecule has 0 fully saturated rings. The number of rotatable bonds is 6. The van der Waals surface area contributed by atoms with Gasteiger partial charge in [0.1, 0.15) is 0 Å².